The van der Waals surface area contributed by atoms with E-state index in [-0.39, 0.29) is 24.2 Å². The molecule has 1 unspecified atom stereocenters. The lowest BCUT2D eigenvalue weighted by Gasteiger charge is -2.07. The van der Waals surface area contributed by atoms with Gasteiger partial charge in [-0.3, -0.25) is 9.59 Å². The fourth-order valence-corrected chi connectivity index (χ4v) is 1.76. The molecule has 0 aliphatic heterocycles. The molecule has 0 radical (unpaired) electrons. The number of carbonyl (C=O) groups excluding carboxylic acids is 1. The highest BCUT2D eigenvalue weighted by Crippen LogP contribution is 2.21. The van der Waals surface area contributed by atoms with Crippen LogP contribution < -0.4 is 16.8 Å². The monoisotopic (exact) mass is 332 g/mol. The van der Waals surface area contributed by atoms with Crippen LogP contribution in [0.5, 0.6) is 0 Å². The van der Waals surface area contributed by atoms with Gasteiger partial charge in [0.25, 0.3) is 0 Å². The van der Waals surface area contributed by atoms with Crippen LogP contribution >= 0.6 is 0 Å². The van der Waals surface area contributed by atoms with Crippen LogP contribution in [-0.2, 0) is 16.0 Å². The maximum atomic E-state index is 11.7. The molecule has 1 aromatic heterocycles. The number of aliphatic carboxylic acids is 1. The van der Waals surface area contributed by atoms with Gasteiger partial charge in [-0.15, -0.1) is 10.2 Å². The van der Waals surface area contributed by atoms with Gasteiger partial charge in [0.15, 0.2) is 5.96 Å². The number of guanidine groups is 1. The average Bonchev–Trinajstić information content (AvgIpc) is 2.95. The molecule has 0 saturated carbocycles. The third kappa shape index (κ3) is 4.53. The molecule has 0 saturated heterocycles. The standard InChI is InChI=1S/C14H16N6O4/c1-7(13(22)23)17-10(21)6-11-19-20-12(24-11)8-2-4-9(5-3-8)18-14(15)16/h2-5,7H,6H2,1H3,(H,17,21)(H,22,23)(H4,15,16,18). The molecule has 10 heteroatoms. The largest absolute Gasteiger partial charge is 0.480 e. The van der Waals surface area contributed by atoms with E-state index in [0.717, 1.165) is 0 Å². The first kappa shape index (κ1) is 16.9. The van der Waals surface area contributed by atoms with E-state index in [1.807, 2.05) is 0 Å². The molecular weight excluding hydrogens is 316 g/mol. The summed E-state index contributed by atoms with van der Waals surface area (Å²) in [5, 5.41) is 18.6. The van der Waals surface area contributed by atoms with Gasteiger partial charge in [0, 0.05) is 5.56 Å². The number of carbonyl (C=O) groups is 2. The predicted octanol–water partition coefficient (Wildman–Crippen LogP) is -0.227. The Morgan fingerprint density at radius 3 is 2.54 bits per heavy atom. The molecule has 1 amide bonds. The molecule has 126 valence electrons. The lowest BCUT2D eigenvalue weighted by molar-refractivity contribution is -0.141. The number of nitrogens with one attached hydrogen (secondary N) is 1. The van der Waals surface area contributed by atoms with Crippen LogP contribution in [0.15, 0.2) is 33.7 Å². The minimum Gasteiger partial charge on any atom is -0.480 e. The van der Waals surface area contributed by atoms with Gasteiger partial charge in [-0.1, -0.05) is 0 Å². The number of amides is 1. The number of hydrogen-bond donors (Lipinski definition) is 4. The molecule has 2 aromatic rings. The van der Waals surface area contributed by atoms with Crippen LogP contribution in [0.1, 0.15) is 12.8 Å². The highest BCUT2D eigenvalue weighted by Gasteiger charge is 2.17. The van der Waals surface area contributed by atoms with Gasteiger partial charge in [-0.05, 0) is 31.2 Å². The Morgan fingerprint density at radius 1 is 1.29 bits per heavy atom. The number of nitrogens with zero attached hydrogens (tertiary/aromatic N) is 3. The van der Waals surface area contributed by atoms with E-state index in [1.54, 1.807) is 24.3 Å². The number of nitrogens with two attached hydrogens (primary N) is 2. The minimum absolute atomic E-state index is 0.0515. The van der Waals surface area contributed by atoms with Crippen molar-refractivity contribution in [1.82, 2.24) is 15.5 Å². The molecule has 1 heterocycles. The summed E-state index contributed by atoms with van der Waals surface area (Å²) in [7, 11) is 0. The summed E-state index contributed by atoms with van der Waals surface area (Å²) in [5.74, 6) is -1.41. The van der Waals surface area contributed by atoms with Crippen molar-refractivity contribution in [3.8, 4) is 11.5 Å². The molecule has 0 aliphatic rings. The quantitative estimate of drug-likeness (QED) is 0.415. The van der Waals surface area contributed by atoms with Crippen molar-refractivity contribution in [2.24, 2.45) is 16.5 Å². The van der Waals surface area contributed by atoms with E-state index in [2.05, 4.69) is 20.5 Å². The summed E-state index contributed by atoms with van der Waals surface area (Å²) in [4.78, 5) is 26.2. The number of aliphatic imine (C=N–C) groups is 1. The molecule has 0 spiro atoms. The van der Waals surface area contributed by atoms with Crippen LogP contribution in [0.3, 0.4) is 0 Å². The van der Waals surface area contributed by atoms with Gasteiger partial charge >= 0.3 is 5.97 Å². The summed E-state index contributed by atoms with van der Waals surface area (Å²) in [6.07, 6.45) is -0.212. The normalized spacial score (nSPS) is 11.5. The van der Waals surface area contributed by atoms with Crippen molar-refractivity contribution < 1.29 is 19.1 Å². The number of carboxylic acid groups (broad SMARTS) is 1. The number of aromatic nitrogens is 2. The van der Waals surface area contributed by atoms with E-state index < -0.39 is 17.9 Å². The van der Waals surface area contributed by atoms with Gasteiger partial charge in [0.05, 0.1) is 5.69 Å². The molecule has 24 heavy (non-hydrogen) atoms. The third-order valence-corrected chi connectivity index (χ3v) is 2.90. The van der Waals surface area contributed by atoms with Crippen molar-refractivity contribution in [2.75, 3.05) is 0 Å². The Labute approximate surface area is 136 Å². The number of hydrogen-bond acceptors (Lipinski definition) is 6. The summed E-state index contributed by atoms with van der Waals surface area (Å²) in [5.41, 5.74) is 11.8. The maximum Gasteiger partial charge on any atom is 0.325 e. The van der Waals surface area contributed by atoms with Crippen molar-refractivity contribution in [3.05, 3.63) is 30.2 Å². The Kier molecular flexibility index (Phi) is 5.09. The zero-order chi connectivity index (χ0) is 17.7. The second-order valence-corrected chi connectivity index (χ2v) is 4.89. The van der Waals surface area contributed by atoms with Gasteiger partial charge in [0.2, 0.25) is 17.7 Å². The Hall–Kier alpha value is -3.43. The van der Waals surface area contributed by atoms with Crippen molar-refractivity contribution in [2.45, 2.75) is 19.4 Å². The van der Waals surface area contributed by atoms with E-state index >= 15 is 0 Å². The third-order valence-electron chi connectivity index (χ3n) is 2.90. The fourth-order valence-electron chi connectivity index (χ4n) is 1.76. The summed E-state index contributed by atoms with van der Waals surface area (Å²) >= 11 is 0. The van der Waals surface area contributed by atoms with Crippen molar-refractivity contribution in [1.29, 1.82) is 0 Å². The molecule has 0 aliphatic carbocycles. The summed E-state index contributed by atoms with van der Waals surface area (Å²) in [6, 6.07) is 5.71. The van der Waals surface area contributed by atoms with Crippen LogP contribution in [0.2, 0.25) is 0 Å². The zero-order valence-corrected chi connectivity index (χ0v) is 12.8. The number of rotatable bonds is 6. The fraction of sp³-hybridized carbons (Fsp3) is 0.214. The average molecular weight is 332 g/mol. The molecule has 2 rings (SSSR count). The van der Waals surface area contributed by atoms with Gasteiger partial charge < -0.3 is 26.3 Å². The minimum atomic E-state index is -1.13. The molecule has 1 aromatic carbocycles. The van der Waals surface area contributed by atoms with Gasteiger partial charge in [0.1, 0.15) is 12.5 Å². The van der Waals surface area contributed by atoms with E-state index in [9.17, 15) is 9.59 Å². The summed E-state index contributed by atoms with van der Waals surface area (Å²) < 4.78 is 5.39. The topological polar surface area (TPSA) is 170 Å². The first-order valence-corrected chi connectivity index (χ1v) is 6.90. The van der Waals surface area contributed by atoms with Gasteiger partial charge in [-0.2, -0.15) is 0 Å². The molecule has 0 fully saturated rings. The second-order valence-electron chi connectivity index (χ2n) is 4.89. The zero-order valence-electron chi connectivity index (χ0n) is 12.8. The SMILES string of the molecule is CC(NC(=O)Cc1nnc(-c2ccc(N=C(N)N)cc2)o1)C(=O)O. The molecule has 0 bridgehead atoms. The van der Waals surface area contributed by atoms with Crippen LogP contribution in [0, 0.1) is 0 Å². The lowest BCUT2D eigenvalue weighted by atomic mass is 10.2. The van der Waals surface area contributed by atoms with Crippen LogP contribution in [0.4, 0.5) is 5.69 Å². The van der Waals surface area contributed by atoms with Crippen LogP contribution in [0.25, 0.3) is 11.5 Å². The number of benzene rings is 1. The smallest absolute Gasteiger partial charge is 0.325 e. The highest BCUT2D eigenvalue weighted by atomic mass is 16.4. The Bertz CT molecular complexity index is 764. The molecule has 10 nitrogen and oxygen atoms in total. The maximum absolute atomic E-state index is 11.7. The Morgan fingerprint density at radius 2 is 1.96 bits per heavy atom. The van der Waals surface area contributed by atoms with E-state index in [4.69, 9.17) is 21.0 Å². The second kappa shape index (κ2) is 7.22. The van der Waals surface area contributed by atoms with E-state index in [1.165, 1.54) is 6.92 Å². The van der Waals surface area contributed by atoms with Crippen LogP contribution in [-0.4, -0.2) is 39.2 Å². The van der Waals surface area contributed by atoms with Gasteiger partial charge in [-0.25, -0.2) is 4.99 Å². The first-order valence-electron chi connectivity index (χ1n) is 6.90. The number of carboxylic acids is 1. The Balaban J connectivity index is 2.04. The first-order chi connectivity index (χ1) is 11.3. The van der Waals surface area contributed by atoms with Crippen molar-refractivity contribution >= 4 is 23.5 Å². The van der Waals surface area contributed by atoms with E-state index in [0.29, 0.717) is 11.3 Å². The highest BCUT2D eigenvalue weighted by molar-refractivity contribution is 5.84. The lowest BCUT2D eigenvalue weighted by Crippen LogP contribution is -2.39. The molecular formula is C14H16N6O4. The predicted molar refractivity (Wildman–Crippen MR) is 84.1 cm³/mol. The van der Waals surface area contributed by atoms with Crippen molar-refractivity contribution in [3.63, 3.8) is 0 Å². The molecule has 1 atom stereocenters. The summed E-state index contributed by atoms with van der Waals surface area (Å²) in [6.45, 7) is 1.36. The molecule has 6 N–H and O–H groups in total.